The van der Waals surface area contributed by atoms with E-state index in [2.05, 4.69) is 5.32 Å². The summed E-state index contributed by atoms with van der Waals surface area (Å²) in [6.45, 7) is 0.331. The van der Waals surface area contributed by atoms with Crippen LogP contribution in [0.2, 0.25) is 0 Å². The SMILES string of the molecule is N#Cc1ccc(CNC(=O)c2ccc(SC(F)F)cc2)cc1. The third kappa shape index (κ3) is 4.57. The van der Waals surface area contributed by atoms with Crippen LogP contribution in [0, 0.1) is 11.3 Å². The number of nitriles is 1. The lowest BCUT2D eigenvalue weighted by Crippen LogP contribution is -2.22. The highest BCUT2D eigenvalue weighted by atomic mass is 32.2. The second-order valence-electron chi connectivity index (χ2n) is 4.39. The first-order valence-corrected chi connectivity index (χ1v) is 7.28. The standard InChI is InChI=1S/C16H12F2N2OS/c17-16(18)22-14-7-5-13(6-8-14)15(21)20-10-12-3-1-11(9-19)2-4-12/h1-8,16H,10H2,(H,20,21). The molecule has 3 nitrogen and oxygen atoms in total. The zero-order chi connectivity index (χ0) is 15.9. The molecule has 0 unspecified atom stereocenters. The van der Waals surface area contributed by atoms with Crippen LogP contribution in [0.5, 0.6) is 0 Å². The van der Waals surface area contributed by atoms with Crippen LogP contribution in [-0.4, -0.2) is 11.7 Å². The van der Waals surface area contributed by atoms with Gasteiger partial charge in [-0.05, 0) is 42.0 Å². The van der Waals surface area contributed by atoms with Gasteiger partial charge in [0.05, 0.1) is 11.6 Å². The van der Waals surface area contributed by atoms with Crippen LogP contribution in [0.25, 0.3) is 0 Å². The molecule has 22 heavy (non-hydrogen) atoms. The van der Waals surface area contributed by atoms with Gasteiger partial charge in [0.15, 0.2) is 0 Å². The first-order valence-electron chi connectivity index (χ1n) is 6.40. The number of amides is 1. The van der Waals surface area contributed by atoms with Crippen LogP contribution in [0.1, 0.15) is 21.5 Å². The average molecular weight is 318 g/mol. The average Bonchev–Trinajstić information content (AvgIpc) is 2.53. The predicted molar refractivity (Wildman–Crippen MR) is 80.6 cm³/mol. The minimum absolute atomic E-state index is 0.280. The van der Waals surface area contributed by atoms with E-state index in [9.17, 15) is 13.6 Å². The molecule has 6 heteroatoms. The number of carbonyl (C=O) groups is 1. The summed E-state index contributed by atoms with van der Waals surface area (Å²) < 4.78 is 24.4. The summed E-state index contributed by atoms with van der Waals surface area (Å²) in [5.41, 5.74) is 1.84. The van der Waals surface area contributed by atoms with Crippen LogP contribution in [0.15, 0.2) is 53.4 Å². The molecule has 0 aliphatic heterocycles. The third-order valence-electron chi connectivity index (χ3n) is 2.88. The normalized spacial score (nSPS) is 10.3. The number of rotatable bonds is 5. The second-order valence-corrected chi connectivity index (χ2v) is 5.46. The van der Waals surface area contributed by atoms with Gasteiger partial charge >= 0.3 is 0 Å². The van der Waals surface area contributed by atoms with Crippen molar-refractivity contribution in [1.29, 1.82) is 5.26 Å². The molecule has 1 N–H and O–H groups in total. The van der Waals surface area contributed by atoms with E-state index >= 15 is 0 Å². The van der Waals surface area contributed by atoms with Gasteiger partial charge in [0, 0.05) is 17.0 Å². The fourth-order valence-electron chi connectivity index (χ4n) is 1.77. The molecule has 0 spiro atoms. The zero-order valence-corrected chi connectivity index (χ0v) is 12.2. The van der Waals surface area contributed by atoms with E-state index in [1.165, 1.54) is 24.3 Å². The summed E-state index contributed by atoms with van der Waals surface area (Å²) in [5.74, 6) is -2.76. The second kappa shape index (κ2) is 7.57. The molecule has 112 valence electrons. The van der Waals surface area contributed by atoms with Crippen LogP contribution >= 0.6 is 11.8 Å². The number of carbonyl (C=O) groups excluding carboxylic acids is 1. The first kappa shape index (κ1) is 16.0. The van der Waals surface area contributed by atoms with Crippen molar-refractivity contribution in [2.45, 2.75) is 17.2 Å². The van der Waals surface area contributed by atoms with Gasteiger partial charge in [-0.3, -0.25) is 4.79 Å². The lowest BCUT2D eigenvalue weighted by Gasteiger charge is -2.06. The van der Waals surface area contributed by atoms with Gasteiger partial charge in [-0.25, -0.2) is 0 Å². The summed E-state index contributed by atoms with van der Waals surface area (Å²) in [5, 5.41) is 11.4. The van der Waals surface area contributed by atoms with Gasteiger partial charge < -0.3 is 5.32 Å². The van der Waals surface area contributed by atoms with Gasteiger partial charge in [-0.1, -0.05) is 23.9 Å². The van der Waals surface area contributed by atoms with Crippen molar-refractivity contribution in [2.75, 3.05) is 0 Å². The maximum Gasteiger partial charge on any atom is 0.288 e. The van der Waals surface area contributed by atoms with Crippen LogP contribution in [-0.2, 0) is 6.54 Å². The molecule has 0 aromatic heterocycles. The molecule has 2 aromatic rings. The molecule has 0 aliphatic rings. The molecule has 2 rings (SSSR count). The van der Waals surface area contributed by atoms with E-state index in [0.717, 1.165) is 5.56 Å². The maximum atomic E-state index is 12.2. The van der Waals surface area contributed by atoms with Crippen molar-refractivity contribution in [3.63, 3.8) is 0 Å². The molecule has 0 bridgehead atoms. The highest BCUT2D eigenvalue weighted by Gasteiger charge is 2.08. The Morgan fingerprint density at radius 1 is 1.14 bits per heavy atom. The molecule has 0 saturated carbocycles. The van der Waals surface area contributed by atoms with Gasteiger partial charge in [0.25, 0.3) is 11.7 Å². The number of hydrogen-bond donors (Lipinski definition) is 1. The minimum Gasteiger partial charge on any atom is -0.348 e. The first-order chi connectivity index (χ1) is 10.6. The largest absolute Gasteiger partial charge is 0.348 e. The van der Waals surface area contributed by atoms with Crippen LogP contribution in [0.4, 0.5) is 8.78 Å². The Hall–Kier alpha value is -2.39. The van der Waals surface area contributed by atoms with E-state index in [4.69, 9.17) is 5.26 Å². The van der Waals surface area contributed by atoms with Gasteiger partial charge in [-0.2, -0.15) is 14.0 Å². The topological polar surface area (TPSA) is 52.9 Å². The third-order valence-corrected chi connectivity index (χ3v) is 3.60. The number of hydrogen-bond acceptors (Lipinski definition) is 3. The smallest absolute Gasteiger partial charge is 0.288 e. The van der Waals surface area contributed by atoms with Crippen LogP contribution in [0.3, 0.4) is 0 Å². The Morgan fingerprint density at radius 3 is 2.32 bits per heavy atom. The quantitative estimate of drug-likeness (QED) is 0.853. The van der Waals surface area contributed by atoms with E-state index < -0.39 is 5.76 Å². The van der Waals surface area contributed by atoms with Crippen molar-refractivity contribution in [3.05, 3.63) is 65.2 Å². The monoisotopic (exact) mass is 318 g/mol. The van der Waals surface area contributed by atoms with Crippen molar-refractivity contribution in [2.24, 2.45) is 0 Å². The van der Waals surface area contributed by atoms with Crippen molar-refractivity contribution in [3.8, 4) is 6.07 Å². The Labute approximate surface area is 131 Å². The molecule has 0 atom stereocenters. The van der Waals surface area contributed by atoms with Crippen molar-refractivity contribution >= 4 is 17.7 Å². The van der Waals surface area contributed by atoms with Gasteiger partial charge in [0.2, 0.25) is 0 Å². The number of benzene rings is 2. The molecule has 1 amide bonds. The molecule has 0 saturated heterocycles. The number of nitrogens with zero attached hydrogens (tertiary/aromatic N) is 1. The fourth-order valence-corrected chi connectivity index (χ4v) is 2.27. The molecule has 0 heterocycles. The molecular formula is C16H12F2N2OS. The van der Waals surface area contributed by atoms with E-state index in [1.54, 1.807) is 24.3 Å². The summed E-state index contributed by atoms with van der Waals surface area (Å²) in [6, 6.07) is 14.9. The number of nitrogens with one attached hydrogen (secondary N) is 1. The zero-order valence-electron chi connectivity index (χ0n) is 11.4. The minimum atomic E-state index is -2.48. The molecule has 0 fully saturated rings. The summed E-state index contributed by atoms with van der Waals surface area (Å²) in [7, 11) is 0. The fraction of sp³-hybridized carbons (Fsp3) is 0.125. The van der Waals surface area contributed by atoms with E-state index in [0.29, 0.717) is 34.3 Å². The lowest BCUT2D eigenvalue weighted by atomic mass is 10.1. The number of alkyl halides is 2. The Kier molecular flexibility index (Phi) is 5.50. The highest BCUT2D eigenvalue weighted by Crippen LogP contribution is 2.25. The van der Waals surface area contributed by atoms with E-state index in [1.807, 2.05) is 6.07 Å². The Bertz CT molecular complexity index is 679. The lowest BCUT2D eigenvalue weighted by molar-refractivity contribution is 0.0951. The summed E-state index contributed by atoms with van der Waals surface area (Å²) >= 11 is 0.441. The summed E-state index contributed by atoms with van der Waals surface area (Å²) in [6.07, 6.45) is 0. The molecular weight excluding hydrogens is 306 g/mol. The van der Waals surface area contributed by atoms with Gasteiger partial charge in [-0.15, -0.1) is 0 Å². The summed E-state index contributed by atoms with van der Waals surface area (Å²) in [4.78, 5) is 12.4. The Balaban J connectivity index is 1.92. The molecule has 0 aliphatic carbocycles. The molecule has 2 aromatic carbocycles. The van der Waals surface area contributed by atoms with Crippen molar-refractivity contribution < 1.29 is 13.6 Å². The number of halogens is 2. The predicted octanol–water partition coefficient (Wildman–Crippen LogP) is 3.80. The van der Waals surface area contributed by atoms with Gasteiger partial charge in [0.1, 0.15) is 0 Å². The maximum absolute atomic E-state index is 12.2. The van der Waals surface area contributed by atoms with E-state index in [-0.39, 0.29) is 5.91 Å². The van der Waals surface area contributed by atoms with Crippen molar-refractivity contribution in [1.82, 2.24) is 5.32 Å². The number of thioether (sulfide) groups is 1. The van der Waals surface area contributed by atoms with Crippen LogP contribution < -0.4 is 5.32 Å². The Morgan fingerprint density at radius 2 is 1.77 bits per heavy atom. The molecule has 0 radical (unpaired) electrons. The highest BCUT2D eigenvalue weighted by molar-refractivity contribution is 7.99.